The smallest absolute Gasteiger partial charge is 0.0125 e. The van der Waals surface area contributed by atoms with Crippen LogP contribution < -0.4 is 5.32 Å². The molecular formula is C12H20N2. The maximum absolute atomic E-state index is 3.73. The average Bonchev–Trinajstić information content (AvgIpc) is 2.86. The molecule has 2 atom stereocenters. The molecule has 2 bridgehead atoms. The van der Waals surface area contributed by atoms with Crippen LogP contribution in [0.5, 0.6) is 0 Å². The average molecular weight is 192 g/mol. The van der Waals surface area contributed by atoms with Gasteiger partial charge in [-0.05, 0) is 43.9 Å². The normalized spacial score (nSPS) is 49.3. The van der Waals surface area contributed by atoms with Gasteiger partial charge in [0.05, 0.1) is 0 Å². The van der Waals surface area contributed by atoms with Gasteiger partial charge in [-0.2, -0.15) is 0 Å². The number of rotatable bonds is 1. The zero-order valence-electron chi connectivity index (χ0n) is 8.84. The Kier molecular flexibility index (Phi) is 1.47. The highest BCUT2D eigenvalue weighted by atomic mass is 15.3. The van der Waals surface area contributed by atoms with Crippen LogP contribution in [-0.4, -0.2) is 36.1 Å². The van der Waals surface area contributed by atoms with Crippen molar-refractivity contribution in [3.05, 3.63) is 0 Å². The van der Waals surface area contributed by atoms with E-state index in [4.69, 9.17) is 0 Å². The van der Waals surface area contributed by atoms with Crippen molar-refractivity contribution < 1.29 is 0 Å². The van der Waals surface area contributed by atoms with Crippen molar-refractivity contribution >= 4 is 0 Å². The van der Waals surface area contributed by atoms with Crippen LogP contribution in [-0.2, 0) is 0 Å². The first kappa shape index (κ1) is 8.12. The van der Waals surface area contributed by atoms with Gasteiger partial charge in [0.15, 0.2) is 0 Å². The summed E-state index contributed by atoms with van der Waals surface area (Å²) in [4.78, 5) is 2.78. The zero-order chi connectivity index (χ0) is 9.17. The van der Waals surface area contributed by atoms with E-state index in [1.54, 1.807) is 0 Å². The Morgan fingerprint density at radius 3 is 2.21 bits per heavy atom. The molecule has 0 radical (unpaired) electrons. The molecule has 14 heavy (non-hydrogen) atoms. The van der Waals surface area contributed by atoms with Gasteiger partial charge in [-0.25, -0.2) is 0 Å². The van der Waals surface area contributed by atoms with Crippen LogP contribution in [0.1, 0.15) is 38.5 Å². The third-order valence-corrected chi connectivity index (χ3v) is 5.00. The first-order chi connectivity index (χ1) is 6.83. The van der Waals surface area contributed by atoms with Gasteiger partial charge < -0.3 is 5.32 Å². The molecule has 0 amide bonds. The fraction of sp³-hybridized carbons (Fsp3) is 1.00. The standard InChI is InChI=1S/C12H20N2/c1-2-10-6-11(5-9(1)13-10)14-7-12(8-14)3-4-12/h9-11,13H,1-8H2. The number of piperidine rings is 1. The highest BCUT2D eigenvalue weighted by molar-refractivity contribution is 5.08. The minimum atomic E-state index is 0.851. The maximum Gasteiger partial charge on any atom is 0.0125 e. The van der Waals surface area contributed by atoms with E-state index in [0.717, 1.165) is 23.5 Å². The van der Waals surface area contributed by atoms with Crippen LogP contribution in [0.2, 0.25) is 0 Å². The molecule has 4 aliphatic rings. The lowest BCUT2D eigenvalue weighted by molar-refractivity contribution is 0.0153. The highest BCUT2D eigenvalue weighted by Crippen LogP contribution is 2.54. The largest absolute Gasteiger partial charge is 0.311 e. The Morgan fingerprint density at radius 1 is 1.00 bits per heavy atom. The number of hydrogen-bond donors (Lipinski definition) is 1. The summed E-state index contributed by atoms with van der Waals surface area (Å²) in [5, 5.41) is 3.73. The minimum Gasteiger partial charge on any atom is -0.311 e. The number of hydrogen-bond acceptors (Lipinski definition) is 2. The molecule has 4 fully saturated rings. The van der Waals surface area contributed by atoms with Crippen LogP contribution in [0.25, 0.3) is 0 Å². The predicted molar refractivity (Wildman–Crippen MR) is 56.2 cm³/mol. The van der Waals surface area contributed by atoms with Crippen LogP contribution in [0, 0.1) is 5.41 Å². The van der Waals surface area contributed by atoms with E-state index < -0.39 is 0 Å². The van der Waals surface area contributed by atoms with E-state index in [-0.39, 0.29) is 0 Å². The Labute approximate surface area is 86.0 Å². The number of nitrogens with zero attached hydrogens (tertiary/aromatic N) is 1. The monoisotopic (exact) mass is 192 g/mol. The number of likely N-dealkylation sites (tertiary alicyclic amines) is 1. The van der Waals surface area contributed by atoms with Crippen molar-refractivity contribution in [2.45, 2.75) is 56.7 Å². The van der Waals surface area contributed by atoms with E-state index >= 15 is 0 Å². The Morgan fingerprint density at radius 2 is 1.64 bits per heavy atom. The zero-order valence-corrected chi connectivity index (χ0v) is 8.84. The van der Waals surface area contributed by atoms with Gasteiger partial charge in [-0.3, -0.25) is 4.90 Å². The molecule has 2 nitrogen and oxygen atoms in total. The molecule has 3 heterocycles. The number of fused-ring (bicyclic) bond motifs is 2. The van der Waals surface area contributed by atoms with Crippen LogP contribution in [0.3, 0.4) is 0 Å². The van der Waals surface area contributed by atoms with E-state index in [9.17, 15) is 0 Å². The molecule has 78 valence electrons. The van der Waals surface area contributed by atoms with Crippen molar-refractivity contribution in [3.63, 3.8) is 0 Å². The molecule has 0 aromatic rings. The summed E-state index contributed by atoms with van der Waals surface area (Å²) in [5.74, 6) is 0. The molecular weight excluding hydrogens is 172 g/mol. The lowest BCUT2D eigenvalue weighted by atomic mass is 9.89. The van der Waals surface area contributed by atoms with Crippen molar-refractivity contribution in [1.82, 2.24) is 10.2 Å². The molecule has 0 aromatic carbocycles. The molecule has 2 unspecified atom stereocenters. The van der Waals surface area contributed by atoms with Gasteiger partial charge in [0.25, 0.3) is 0 Å². The third-order valence-electron chi connectivity index (χ3n) is 5.00. The first-order valence-corrected chi connectivity index (χ1v) is 6.33. The van der Waals surface area contributed by atoms with Crippen LogP contribution >= 0.6 is 0 Å². The second kappa shape index (κ2) is 2.53. The van der Waals surface area contributed by atoms with E-state index in [1.165, 1.54) is 51.6 Å². The summed E-state index contributed by atoms with van der Waals surface area (Å²) in [5.41, 5.74) is 0.851. The second-order valence-corrected chi connectivity index (χ2v) is 6.17. The molecule has 1 spiro atoms. The van der Waals surface area contributed by atoms with Gasteiger partial charge >= 0.3 is 0 Å². The molecule has 3 saturated heterocycles. The van der Waals surface area contributed by atoms with Gasteiger partial charge in [0.2, 0.25) is 0 Å². The van der Waals surface area contributed by atoms with Crippen molar-refractivity contribution in [2.24, 2.45) is 5.41 Å². The summed E-state index contributed by atoms with van der Waals surface area (Å²) in [6.07, 6.45) is 8.82. The third kappa shape index (κ3) is 1.10. The maximum atomic E-state index is 3.73. The van der Waals surface area contributed by atoms with Crippen LogP contribution in [0.15, 0.2) is 0 Å². The lowest BCUT2D eigenvalue weighted by Crippen LogP contribution is -2.57. The summed E-state index contributed by atoms with van der Waals surface area (Å²) < 4.78 is 0. The SMILES string of the molecule is C1CC2CC(N3CC4(CC4)C3)CC1N2. The van der Waals surface area contributed by atoms with Gasteiger partial charge in [-0.15, -0.1) is 0 Å². The predicted octanol–water partition coefficient (Wildman–Crippen LogP) is 1.37. The lowest BCUT2D eigenvalue weighted by Gasteiger charge is -2.48. The molecule has 2 heteroatoms. The minimum absolute atomic E-state index is 0.851. The first-order valence-electron chi connectivity index (χ1n) is 6.33. The van der Waals surface area contributed by atoms with Gasteiger partial charge in [-0.1, -0.05) is 0 Å². The summed E-state index contributed by atoms with van der Waals surface area (Å²) in [6, 6.07) is 2.68. The Bertz CT molecular complexity index is 239. The Balaban J connectivity index is 1.42. The second-order valence-electron chi connectivity index (χ2n) is 6.17. The van der Waals surface area contributed by atoms with Crippen molar-refractivity contribution in [3.8, 4) is 0 Å². The summed E-state index contributed by atoms with van der Waals surface area (Å²) in [6.45, 7) is 2.88. The van der Waals surface area contributed by atoms with Crippen LogP contribution in [0.4, 0.5) is 0 Å². The molecule has 1 N–H and O–H groups in total. The molecule has 3 aliphatic heterocycles. The Hall–Kier alpha value is -0.0800. The summed E-state index contributed by atoms with van der Waals surface area (Å²) in [7, 11) is 0. The van der Waals surface area contributed by atoms with Crippen molar-refractivity contribution in [1.29, 1.82) is 0 Å². The fourth-order valence-electron chi connectivity index (χ4n) is 3.89. The van der Waals surface area contributed by atoms with Gasteiger partial charge in [0, 0.05) is 31.2 Å². The topological polar surface area (TPSA) is 15.3 Å². The molecule has 4 rings (SSSR count). The van der Waals surface area contributed by atoms with E-state index in [2.05, 4.69) is 10.2 Å². The fourth-order valence-corrected chi connectivity index (χ4v) is 3.89. The number of nitrogens with one attached hydrogen (secondary N) is 1. The van der Waals surface area contributed by atoms with E-state index in [0.29, 0.717) is 0 Å². The summed E-state index contributed by atoms with van der Waals surface area (Å²) >= 11 is 0. The van der Waals surface area contributed by atoms with Gasteiger partial charge in [0.1, 0.15) is 0 Å². The highest BCUT2D eigenvalue weighted by Gasteiger charge is 2.54. The molecule has 0 aromatic heterocycles. The quantitative estimate of drug-likeness (QED) is 0.675. The van der Waals surface area contributed by atoms with Crippen molar-refractivity contribution in [2.75, 3.05) is 13.1 Å². The molecule has 1 saturated carbocycles. The molecule has 1 aliphatic carbocycles. The van der Waals surface area contributed by atoms with E-state index in [1.807, 2.05) is 0 Å².